The largest absolute Gasteiger partial charge is 0.409 e. The molecule has 0 amide bonds. The summed E-state index contributed by atoms with van der Waals surface area (Å²) in [6, 6.07) is 7.79. The predicted octanol–water partition coefficient (Wildman–Crippen LogP) is 1.63. The van der Waals surface area contributed by atoms with Crippen LogP contribution in [0.3, 0.4) is 0 Å². The summed E-state index contributed by atoms with van der Waals surface area (Å²) in [5.41, 5.74) is 0.901. The Morgan fingerprint density at radius 3 is 2.90 bits per heavy atom. The molecule has 5 nitrogen and oxygen atoms in total. The van der Waals surface area contributed by atoms with Gasteiger partial charge in [0.15, 0.2) is 6.67 Å². The van der Waals surface area contributed by atoms with Gasteiger partial charge < -0.3 is 14.4 Å². The van der Waals surface area contributed by atoms with E-state index in [1.807, 2.05) is 24.3 Å². The summed E-state index contributed by atoms with van der Waals surface area (Å²) in [5.74, 6) is 0.540. The van der Waals surface area contributed by atoms with E-state index in [-0.39, 0.29) is 6.10 Å². The van der Waals surface area contributed by atoms with Gasteiger partial charge >= 0.3 is 0 Å². The first-order valence-electron chi connectivity index (χ1n) is 6.97. The molecule has 0 radical (unpaired) electrons. The van der Waals surface area contributed by atoms with Crippen molar-refractivity contribution in [3.63, 3.8) is 0 Å². The number of aromatic nitrogens is 2. The van der Waals surface area contributed by atoms with Crippen molar-refractivity contribution in [3.8, 4) is 11.5 Å². The summed E-state index contributed by atoms with van der Waals surface area (Å²) in [6.45, 7) is 2.55. The summed E-state index contributed by atoms with van der Waals surface area (Å²) in [5, 5.41) is 14.0. The molecule has 2 aromatic rings. The number of piperidine rings is 1. The number of hydrogen-bond donors (Lipinski definition) is 2. The molecule has 0 unspecified atom stereocenters. The number of hydrogen-bond acceptors (Lipinski definition) is 4. The second-order valence-electron chi connectivity index (χ2n) is 5.32. The van der Waals surface area contributed by atoms with Gasteiger partial charge in [-0.05, 0) is 30.4 Å². The molecule has 1 aliphatic heterocycles. The zero-order chi connectivity index (χ0) is 14.8. The first-order valence-corrected chi connectivity index (χ1v) is 8.17. The molecular weight excluding hydrogens is 354 g/mol. The van der Waals surface area contributed by atoms with Crippen molar-refractivity contribution >= 4 is 28.1 Å². The molecular formula is C14H17BrN3O2S+. The van der Waals surface area contributed by atoms with Gasteiger partial charge in [-0.2, -0.15) is 4.68 Å². The lowest BCUT2D eigenvalue weighted by atomic mass is 10.1. The SMILES string of the molecule is OC1CC[NH+](Cn2nc(-c3cccc(Br)c3)oc2=S)CC1. The minimum absolute atomic E-state index is 0.156. The van der Waals surface area contributed by atoms with Gasteiger partial charge in [0, 0.05) is 22.9 Å². The van der Waals surface area contributed by atoms with E-state index in [0.717, 1.165) is 36.0 Å². The molecule has 0 saturated carbocycles. The van der Waals surface area contributed by atoms with Gasteiger partial charge in [0.1, 0.15) is 0 Å². The average molecular weight is 371 g/mol. The van der Waals surface area contributed by atoms with Crippen LogP contribution < -0.4 is 4.90 Å². The van der Waals surface area contributed by atoms with Gasteiger partial charge in [0.05, 0.1) is 19.2 Å². The number of likely N-dealkylation sites (tertiary alicyclic amines) is 1. The van der Waals surface area contributed by atoms with E-state index in [9.17, 15) is 5.11 Å². The van der Waals surface area contributed by atoms with E-state index in [1.54, 1.807) is 4.68 Å². The topological polar surface area (TPSA) is 55.6 Å². The number of aliphatic hydroxyl groups is 1. The summed E-state index contributed by atoms with van der Waals surface area (Å²) >= 11 is 8.70. The van der Waals surface area contributed by atoms with Crippen molar-refractivity contribution in [2.24, 2.45) is 0 Å². The van der Waals surface area contributed by atoms with Gasteiger partial charge in [0.2, 0.25) is 5.89 Å². The normalized spacial score (nSPS) is 22.4. The molecule has 0 atom stereocenters. The first kappa shape index (κ1) is 14.9. The number of halogens is 1. The molecule has 0 aliphatic carbocycles. The number of nitrogens with zero attached hydrogens (tertiary/aromatic N) is 2. The molecule has 1 aliphatic rings. The fourth-order valence-electron chi connectivity index (χ4n) is 2.53. The molecule has 2 N–H and O–H groups in total. The summed E-state index contributed by atoms with van der Waals surface area (Å²) < 4.78 is 8.31. The van der Waals surface area contributed by atoms with Crippen LogP contribution in [0.15, 0.2) is 33.2 Å². The maximum Gasteiger partial charge on any atom is 0.292 e. The van der Waals surface area contributed by atoms with Gasteiger partial charge in [-0.3, -0.25) is 0 Å². The van der Waals surface area contributed by atoms with Crippen molar-refractivity contribution < 1.29 is 14.4 Å². The highest BCUT2D eigenvalue weighted by molar-refractivity contribution is 9.10. The van der Waals surface area contributed by atoms with E-state index in [4.69, 9.17) is 16.6 Å². The Hall–Kier alpha value is -1.02. The predicted molar refractivity (Wildman–Crippen MR) is 84.4 cm³/mol. The fourth-order valence-corrected chi connectivity index (χ4v) is 3.11. The number of rotatable bonds is 3. The molecule has 0 spiro atoms. The van der Waals surface area contributed by atoms with Crippen molar-refractivity contribution in [2.75, 3.05) is 13.1 Å². The lowest BCUT2D eigenvalue weighted by Crippen LogP contribution is -3.12. The molecule has 2 heterocycles. The monoisotopic (exact) mass is 370 g/mol. The highest BCUT2D eigenvalue weighted by atomic mass is 79.9. The maximum atomic E-state index is 9.55. The van der Waals surface area contributed by atoms with Crippen molar-refractivity contribution in [2.45, 2.75) is 25.6 Å². The Labute approximate surface area is 136 Å². The Balaban J connectivity index is 1.77. The molecule has 21 heavy (non-hydrogen) atoms. The molecule has 1 aromatic heterocycles. The van der Waals surface area contributed by atoms with Crippen LogP contribution in [-0.4, -0.2) is 34.1 Å². The van der Waals surface area contributed by atoms with Crippen molar-refractivity contribution in [1.82, 2.24) is 9.78 Å². The third kappa shape index (κ3) is 3.60. The van der Waals surface area contributed by atoms with E-state index in [2.05, 4.69) is 21.0 Å². The third-order valence-corrected chi connectivity index (χ3v) is 4.50. The zero-order valence-corrected chi connectivity index (χ0v) is 13.9. The molecule has 112 valence electrons. The smallest absolute Gasteiger partial charge is 0.292 e. The van der Waals surface area contributed by atoms with Crippen LogP contribution in [0, 0.1) is 4.84 Å². The van der Waals surface area contributed by atoms with Crippen LogP contribution in [0.2, 0.25) is 0 Å². The third-order valence-electron chi connectivity index (χ3n) is 3.71. The Morgan fingerprint density at radius 1 is 1.43 bits per heavy atom. The van der Waals surface area contributed by atoms with Crippen LogP contribution in [-0.2, 0) is 6.67 Å². The minimum atomic E-state index is -0.156. The fraction of sp³-hybridized carbons (Fsp3) is 0.429. The Bertz CT molecular complexity index is 677. The number of nitrogens with one attached hydrogen (secondary N) is 1. The average Bonchev–Trinajstić information content (AvgIpc) is 2.83. The van der Waals surface area contributed by atoms with Crippen LogP contribution in [0.25, 0.3) is 11.5 Å². The van der Waals surface area contributed by atoms with Gasteiger partial charge in [-0.1, -0.05) is 22.0 Å². The quantitative estimate of drug-likeness (QED) is 0.806. The number of benzene rings is 1. The van der Waals surface area contributed by atoms with Crippen molar-refractivity contribution in [3.05, 3.63) is 33.6 Å². The molecule has 1 aromatic carbocycles. The highest BCUT2D eigenvalue weighted by Crippen LogP contribution is 2.21. The van der Waals surface area contributed by atoms with Gasteiger partial charge in [-0.15, -0.1) is 5.10 Å². The lowest BCUT2D eigenvalue weighted by Gasteiger charge is -2.25. The number of aliphatic hydroxyl groups excluding tert-OH is 1. The number of quaternary nitrogens is 1. The second-order valence-corrected chi connectivity index (χ2v) is 6.59. The van der Waals surface area contributed by atoms with E-state index < -0.39 is 0 Å². The molecule has 1 fully saturated rings. The maximum absolute atomic E-state index is 9.55. The van der Waals surface area contributed by atoms with Crippen LogP contribution in [0.5, 0.6) is 0 Å². The summed E-state index contributed by atoms with van der Waals surface area (Å²) in [4.78, 5) is 1.76. The lowest BCUT2D eigenvalue weighted by molar-refractivity contribution is -0.929. The van der Waals surface area contributed by atoms with Crippen LogP contribution >= 0.6 is 28.1 Å². The second kappa shape index (κ2) is 6.39. The van der Waals surface area contributed by atoms with E-state index in [1.165, 1.54) is 4.90 Å². The van der Waals surface area contributed by atoms with Gasteiger partial charge in [-0.25, -0.2) is 0 Å². The van der Waals surface area contributed by atoms with E-state index in [0.29, 0.717) is 17.4 Å². The van der Waals surface area contributed by atoms with Crippen molar-refractivity contribution in [1.29, 1.82) is 0 Å². The van der Waals surface area contributed by atoms with E-state index >= 15 is 0 Å². The highest BCUT2D eigenvalue weighted by Gasteiger charge is 2.21. The molecule has 7 heteroatoms. The summed E-state index contributed by atoms with van der Waals surface area (Å²) in [7, 11) is 0. The van der Waals surface area contributed by atoms with Crippen LogP contribution in [0.4, 0.5) is 0 Å². The Kier molecular flexibility index (Phi) is 4.54. The first-order chi connectivity index (χ1) is 10.1. The van der Waals surface area contributed by atoms with Crippen LogP contribution in [0.1, 0.15) is 12.8 Å². The standard InChI is InChI=1S/C14H16BrN3O2S/c15-11-3-1-2-10(8-11)13-16-18(14(21)20-13)9-17-6-4-12(19)5-7-17/h1-3,8,12,19H,4-7,9H2/p+1. The van der Waals surface area contributed by atoms with Gasteiger partial charge in [0.25, 0.3) is 4.84 Å². The molecule has 3 rings (SSSR count). The Morgan fingerprint density at radius 2 is 2.19 bits per heavy atom. The molecule has 1 saturated heterocycles. The summed E-state index contributed by atoms with van der Waals surface area (Å²) in [6.07, 6.45) is 1.51. The zero-order valence-electron chi connectivity index (χ0n) is 11.5. The minimum Gasteiger partial charge on any atom is -0.409 e. The molecule has 0 bridgehead atoms.